The first-order valence-corrected chi connectivity index (χ1v) is 9.17. The second-order valence-electron chi connectivity index (χ2n) is 6.63. The third-order valence-electron chi connectivity index (χ3n) is 5.01. The van der Waals surface area contributed by atoms with Crippen molar-refractivity contribution in [1.29, 1.82) is 0 Å². The maximum absolute atomic E-state index is 4.92. The third-order valence-corrected chi connectivity index (χ3v) is 5.01. The Kier molecular flexibility index (Phi) is 5.91. The average molecular weight is 330 g/mol. The van der Waals surface area contributed by atoms with E-state index in [-0.39, 0.29) is 0 Å². The zero-order valence-corrected chi connectivity index (χ0v) is 15.0. The van der Waals surface area contributed by atoms with Crippen LogP contribution < -0.4 is 10.2 Å². The highest BCUT2D eigenvalue weighted by atomic mass is 15.4. The number of nitrogens with zero attached hydrogens (tertiary/aromatic N) is 5. The van der Waals surface area contributed by atoms with Crippen molar-refractivity contribution in [3.05, 3.63) is 24.4 Å². The van der Waals surface area contributed by atoms with Gasteiger partial charge in [-0.1, -0.05) is 6.07 Å². The zero-order chi connectivity index (χ0) is 16.8. The first-order chi connectivity index (χ1) is 11.8. The Morgan fingerprint density at radius 2 is 2.08 bits per heavy atom. The quantitative estimate of drug-likeness (QED) is 0.665. The summed E-state index contributed by atoms with van der Waals surface area (Å²) < 4.78 is 0. The molecule has 1 unspecified atom stereocenters. The molecule has 6 heteroatoms. The van der Waals surface area contributed by atoms with Gasteiger partial charge in [-0.3, -0.25) is 4.99 Å². The lowest BCUT2D eigenvalue weighted by molar-refractivity contribution is 0.314. The van der Waals surface area contributed by atoms with E-state index in [4.69, 9.17) is 4.99 Å². The van der Waals surface area contributed by atoms with Crippen LogP contribution in [0, 0.1) is 0 Å². The number of nitrogens with one attached hydrogen (secondary N) is 1. The van der Waals surface area contributed by atoms with Gasteiger partial charge >= 0.3 is 0 Å². The van der Waals surface area contributed by atoms with E-state index in [0.29, 0.717) is 6.04 Å². The summed E-state index contributed by atoms with van der Waals surface area (Å²) >= 11 is 0. The Balaban J connectivity index is 1.57. The fourth-order valence-corrected chi connectivity index (χ4v) is 3.52. The first-order valence-electron chi connectivity index (χ1n) is 9.17. The Morgan fingerprint density at radius 3 is 2.71 bits per heavy atom. The molecule has 2 fully saturated rings. The minimum Gasteiger partial charge on any atom is -0.357 e. The third kappa shape index (κ3) is 4.17. The molecule has 1 N–H and O–H groups in total. The van der Waals surface area contributed by atoms with Gasteiger partial charge in [0.15, 0.2) is 5.96 Å². The smallest absolute Gasteiger partial charge is 0.194 e. The van der Waals surface area contributed by atoms with Gasteiger partial charge < -0.3 is 20.0 Å². The van der Waals surface area contributed by atoms with Crippen LogP contribution in [0.4, 0.5) is 5.82 Å². The largest absolute Gasteiger partial charge is 0.357 e. The topological polar surface area (TPSA) is 47.0 Å². The minimum absolute atomic E-state index is 0.605. The molecule has 3 rings (SSSR count). The van der Waals surface area contributed by atoms with E-state index >= 15 is 0 Å². The standard InChI is InChI=1S/C18H30N6/c1-3-19-18(21-15-16-7-6-10-22(16)2)24-13-11-23(12-14-24)17-8-4-5-9-20-17/h4-5,8-9,16H,3,6-7,10-15H2,1-2H3,(H,19,21). The molecule has 0 radical (unpaired) electrons. The van der Waals surface area contributed by atoms with E-state index in [9.17, 15) is 0 Å². The summed E-state index contributed by atoms with van der Waals surface area (Å²) in [5.41, 5.74) is 0. The summed E-state index contributed by atoms with van der Waals surface area (Å²) in [5.74, 6) is 2.14. The number of aliphatic imine (C=N–C) groups is 1. The number of anilines is 1. The molecule has 1 aromatic heterocycles. The lowest BCUT2D eigenvalue weighted by Crippen LogP contribution is -2.53. The minimum atomic E-state index is 0.605. The number of piperazine rings is 1. The number of guanidine groups is 1. The maximum Gasteiger partial charge on any atom is 0.194 e. The molecule has 2 saturated heterocycles. The molecule has 1 atom stereocenters. The molecule has 2 aliphatic heterocycles. The van der Waals surface area contributed by atoms with Crippen LogP contribution in [0.25, 0.3) is 0 Å². The number of hydrogen-bond donors (Lipinski definition) is 1. The van der Waals surface area contributed by atoms with Crippen molar-refractivity contribution in [3.63, 3.8) is 0 Å². The van der Waals surface area contributed by atoms with Gasteiger partial charge in [0.05, 0.1) is 6.54 Å². The summed E-state index contributed by atoms with van der Waals surface area (Å²) in [4.78, 5) is 16.6. The summed E-state index contributed by atoms with van der Waals surface area (Å²) in [6.45, 7) is 9.13. The highest BCUT2D eigenvalue weighted by Crippen LogP contribution is 2.16. The summed E-state index contributed by atoms with van der Waals surface area (Å²) in [6.07, 6.45) is 4.44. The molecular formula is C18H30N6. The fraction of sp³-hybridized carbons (Fsp3) is 0.667. The lowest BCUT2D eigenvalue weighted by Gasteiger charge is -2.37. The lowest BCUT2D eigenvalue weighted by atomic mass is 10.2. The highest BCUT2D eigenvalue weighted by molar-refractivity contribution is 5.80. The molecule has 132 valence electrons. The van der Waals surface area contributed by atoms with Crippen LogP contribution in [0.1, 0.15) is 19.8 Å². The predicted molar refractivity (Wildman–Crippen MR) is 99.7 cm³/mol. The van der Waals surface area contributed by atoms with Crippen LogP contribution >= 0.6 is 0 Å². The highest BCUT2D eigenvalue weighted by Gasteiger charge is 2.23. The first kappa shape index (κ1) is 17.0. The van der Waals surface area contributed by atoms with Crippen LogP contribution in [-0.4, -0.2) is 79.6 Å². The van der Waals surface area contributed by atoms with Crippen LogP contribution in [-0.2, 0) is 0 Å². The number of hydrogen-bond acceptors (Lipinski definition) is 4. The molecule has 0 aliphatic carbocycles. The summed E-state index contributed by atoms with van der Waals surface area (Å²) in [5, 5.41) is 3.47. The van der Waals surface area contributed by atoms with Gasteiger partial charge in [-0.25, -0.2) is 4.98 Å². The van der Waals surface area contributed by atoms with E-state index < -0.39 is 0 Å². The normalized spacial score (nSPS) is 22.9. The van der Waals surface area contributed by atoms with Gasteiger partial charge in [-0.15, -0.1) is 0 Å². The molecule has 0 spiro atoms. The molecule has 0 amide bonds. The van der Waals surface area contributed by atoms with Gasteiger partial charge in [0.25, 0.3) is 0 Å². The number of rotatable bonds is 4. The zero-order valence-electron chi connectivity index (χ0n) is 15.0. The second-order valence-corrected chi connectivity index (χ2v) is 6.63. The molecular weight excluding hydrogens is 300 g/mol. The van der Waals surface area contributed by atoms with Crippen LogP contribution in [0.5, 0.6) is 0 Å². The molecule has 0 aromatic carbocycles. The second kappa shape index (κ2) is 8.33. The van der Waals surface area contributed by atoms with Gasteiger partial charge in [0.2, 0.25) is 0 Å². The Labute approximate surface area is 145 Å². The molecule has 24 heavy (non-hydrogen) atoms. The molecule has 3 heterocycles. The van der Waals surface area contributed by atoms with Crippen molar-refractivity contribution in [1.82, 2.24) is 20.1 Å². The Hall–Kier alpha value is -1.82. The van der Waals surface area contributed by atoms with E-state index in [2.05, 4.69) is 51.1 Å². The van der Waals surface area contributed by atoms with E-state index in [1.165, 1.54) is 19.4 Å². The monoisotopic (exact) mass is 330 g/mol. The van der Waals surface area contributed by atoms with E-state index in [1.807, 2.05) is 12.3 Å². The van der Waals surface area contributed by atoms with Crippen molar-refractivity contribution in [2.24, 2.45) is 4.99 Å². The fourth-order valence-electron chi connectivity index (χ4n) is 3.52. The molecule has 0 bridgehead atoms. The summed E-state index contributed by atoms with van der Waals surface area (Å²) in [6, 6.07) is 6.72. The number of pyridine rings is 1. The van der Waals surface area contributed by atoms with Crippen molar-refractivity contribution in [2.45, 2.75) is 25.8 Å². The van der Waals surface area contributed by atoms with Crippen LogP contribution in [0.3, 0.4) is 0 Å². The van der Waals surface area contributed by atoms with Crippen molar-refractivity contribution in [3.8, 4) is 0 Å². The Morgan fingerprint density at radius 1 is 1.25 bits per heavy atom. The van der Waals surface area contributed by atoms with Gasteiger partial charge in [0, 0.05) is 45.0 Å². The summed E-state index contributed by atoms with van der Waals surface area (Å²) in [7, 11) is 2.21. The number of likely N-dealkylation sites (N-methyl/N-ethyl adjacent to an activating group) is 1. The number of aromatic nitrogens is 1. The van der Waals surface area contributed by atoms with Crippen molar-refractivity contribution >= 4 is 11.8 Å². The van der Waals surface area contributed by atoms with Crippen molar-refractivity contribution < 1.29 is 0 Å². The SMILES string of the molecule is CCNC(=NCC1CCCN1C)N1CCN(c2ccccn2)CC1. The molecule has 6 nitrogen and oxygen atoms in total. The van der Waals surface area contributed by atoms with E-state index in [0.717, 1.165) is 51.0 Å². The van der Waals surface area contributed by atoms with E-state index in [1.54, 1.807) is 0 Å². The van der Waals surface area contributed by atoms with Gasteiger partial charge in [-0.2, -0.15) is 0 Å². The molecule has 0 saturated carbocycles. The average Bonchev–Trinajstić information content (AvgIpc) is 3.04. The van der Waals surface area contributed by atoms with Crippen molar-refractivity contribution in [2.75, 3.05) is 57.8 Å². The van der Waals surface area contributed by atoms with Gasteiger partial charge in [0.1, 0.15) is 5.82 Å². The van der Waals surface area contributed by atoms with Gasteiger partial charge in [-0.05, 0) is 45.5 Å². The number of likely N-dealkylation sites (tertiary alicyclic amines) is 1. The van der Waals surface area contributed by atoms with Crippen LogP contribution in [0.2, 0.25) is 0 Å². The predicted octanol–water partition coefficient (Wildman–Crippen LogP) is 1.26. The Bertz CT molecular complexity index is 524. The van der Waals surface area contributed by atoms with Crippen LogP contribution in [0.15, 0.2) is 29.4 Å². The maximum atomic E-state index is 4.92. The molecule has 1 aromatic rings. The molecule has 2 aliphatic rings.